The van der Waals surface area contributed by atoms with E-state index in [0.717, 1.165) is 0 Å². The second kappa shape index (κ2) is 8.34. The molecule has 1 aromatic heterocycles. The van der Waals surface area contributed by atoms with Crippen molar-refractivity contribution in [1.29, 1.82) is 0 Å². The van der Waals surface area contributed by atoms with Crippen molar-refractivity contribution in [2.45, 2.75) is 13.0 Å². The Balaban J connectivity index is 0.00000261. The van der Waals surface area contributed by atoms with Crippen molar-refractivity contribution < 1.29 is 32.7 Å². The van der Waals surface area contributed by atoms with E-state index in [1.54, 1.807) is 24.3 Å². The number of non-ortho nitro benzene ring substituents is 1. The predicted molar refractivity (Wildman–Crippen MR) is 94.8 cm³/mol. The number of fused-ring (bicyclic) bond motifs is 1. The highest BCUT2D eigenvalue weighted by Gasteiger charge is 2.28. The van der Waals surface area contributed by atoms with Gasteiger partial charge >= 0.3 is 0 Å². The number of carbonyl (C=O) groups excluding carboxylic acids is 1. The van der Waals surface area contributed by atoms with Crippen LogP contribution < -0.4 is 23.0 Å². The van der Waals surface area contributed by atoms with Crippen LogP contribution in [-0.2, 0) is 6.54 Å². The Morgan fingerprint density at radius 2 is 1.89 bits per heavy atom. The normalized spacial score (nSPS) is 10.6. The Morgan fingerprint density at radius 3 is 2.48 bits per heavy atom. The van der Waals surface area contributed by atoms with Crippen LogP contribution in [0, 0.1) is 15.3 Å². The summed E-state index contributed by atoms with van der Waals surface area (Å²) in [5.41, 5.74) is 4.20. The first kappa shape index (κ1) is 20.6. The van der Waals surface area contributed by atoms with Crippen molar-refractivity contribution >= 4 is 34.0 Å². The molecular weight excluding hydrogens is 395 g/mol. The lowest BCUT2D eigenvalue weighted by Gasteiger charge is -2.06. The summed E-state index contributed by atoms with van der Waals surface area (Å²) in [6.07, 6.45) is 0.590. The van der Waals surface area contributed by atoms with Gasteiger partial charge in [-0.3, -0.25) is 14.9 Å². The molecule has 0 saturated heterocycles. The number of carbonyl (C=O) groups is 1. The summed E-state index contributed by atoms with van der Waals surface area (Å²) in [4.78, 5) is 24.0. The molecule has 0 saturated carbocycles. The highest BCUT2D eigenvalue weighted by atomic mass is 35.5. The van der Waals surface area contributed by atoms with Gasteiger partial charge in [0.1, 0.15) is 0 Å². The third kappa shape index (κ3) is 3.87. The van der Waals surface area contributed by atoms with E-state index in [-0.39, 0.29) is 41.6 Å². The van der Waals surface area contributed by atoms with E-state index in [4.69, 9.17) is 11.6 Å². The maximum Gasteiger partial charge on any atom is 0.276 e. The van der Waals surface area contributed by atoms with Gasteiger partial charge in [0, 0.05) is 23.1 Å². The quantitative estimate of drug-likeness (QED) is 0.178. The van der Waals surface area contributed by atoms with Gasteiger partial charge in [-0.25, -0.2) is 0 Å². The molecule has 0 radical (unpaired) electrons. The lowest BCUT2D eigenvalue weighted by atomic mass is 10.0. The molecule has 0 atom stereocenters. The number of benzene rings is 2. The third-order valence-electron chi connectivity index (χ3n) is 4.07. The number of nitro benzene ring substituents is 1. The summed E-state index contributed by atoms with van der Waals surface area (Å²) in [5, 5.41) is 24.6. The molecule has 0 amide bonds. The van der Waals surface area contributed by atoms with E-state index in [1.807, 2.05) is 0 Å². The van der Waals surface area contributed by atoms with E-state index >= 15 is 0 Å². The maximum absolute atomic E-state index is 13.0. The zero-order valence-corrected chi connectivity index (χ0v) is 15.6. The molecule has 142 valence electrons. The Labute approximate surface area is 165 Å². The van der Waals surface area contributed by atoms with Gasteiger partial charge in [0.15, 0.2) is 5.69 Å². The van der Waals surface area contributed by atoms with E-state index in [2.05, 4.69) is 5.73 Å². The highest BCUT2D eigenvalue weighted by molar-refractivity contribution is 6.30. The van der Waals surface area contributed by atoms with E-state index in [9.17, 15) is 20.1 Å². The average Bonchev–Trinajstić information content (AvgIpc) is 2.91. The number of hydrogen-bond acceptors (Lipinski definition) is 4. The van der Waals surface area contributed by atoms with Crippen molar-refractivity contribution in [2.75, 3.05) is 6.54 Å². The fraction of sp³-hybridized carbons (Fsp3) is 0.176. The first-order valence-electron chi connectivity index (χ1n) is 7.94. The zero-order chi connectivity index (χ0) is 18.8. The SMILES string of the molecule is [Cl-].[NH3+]CCCn1c(C(=O)c2ccc(Cl)cc2)c2ccc([N+](=O)[O-])cc2[n+]1[O-]. The number of hydrogen-bond donors (Lipinski definition) is 1. The van der Waals surface area contributed by atoms with Crippen molar-refractivity contribution in [1.82, 2.24) is 4.68 Å². The van der Waals surface area contributed by atoms with Crippen LogP contribution in [0.2, 0.25) is 5.02 Å². The molecule has 27 heavy (non-hydrogen) atoms. The van der Waals surface area contributed by atoms with Gasteiger partial charge < -0.3 is 23.3 Å². The van der Waals surface area contributed by atoms with Gasteiger partial charge in [-0.05, 0) is 30.3 Å². The third-order valence-corrected chi connectivity index (χ3v) is 4.32. The minimum absolute atomic E-state index is 0. The number of aromatic nitrogens is 2. The summed E-state index contributed by atoms with van der Waals surface area (Å²) in [6, 6.07) is 10.2. The zero-order valence-electron chi connectivity index (χ0n) is 14.1. The largest absolute Gasteiger partial charge is 1.00 e. The van der Waals surface area contributed by atoms with E-state index in [0.29, 0.717) is 33.8 Å². The molecule has 0 spiro atoms. The molecule has 0 fully saturated rings. The van der Waals surface area contributed by atoms with Gasteiger partial charge in [-0.1, -0.05) is 16.4 Å². The van der Waals surface area contributed by atoms with E-state index in [1.165, 1.54) is 22.9 Å². The second-order valence-corrected chi connectivity index (χ2v) is 6.18. The monoisotopic (exact) mass is 410 g/mol. The standard InChI is InChI=1S/C17H15ClN4O4.ClH/c18-12-4-2-11(3-5-12)17(23)16-14-7-6-13(22(25)26)10-15(14)21(24)20(16)9-1-8-19;/h2-7,10H,1,8-9,19H2;1H. The average molecular weight is 411 g/mol. The number of ketones is 1. The fourth-order valence-electron chi connectivity index (χ4n) is 2.79. The lowest BCUT2D eigenvalue weighted by Crippen LogP contribution is -3.00. The Morgan fingerprint density at radius 1 is 1.22 bits per heavy atom. The topological polar surface area (TPSA) is 120 Å². The minimum atomic E-state index is -0.576. The maximum atomic E-state index is 13.0. The summed E-state index contributed by atoms with van der Waals surface area (Å²) in [6.45, 7) is 0.868. The van der Waals surface area contributed by atoms with Crippen molar-refractivity contribution in [2.24, 2.45) is 0 Å². The summed E-state index contributed by atoms with van der Waals surface area (Å²) >= 11 is 5.87. The molecule has 10 heteroatoms. The van der Waals surface area contributed by atoms with Gasteiger partial charge in [0.05, 0.1) is 29.5 Å². The number of nitro groups is 1. The number of halogens is 2. The number of quaternary nitrogens is 1. The fourth-order valence-corrected chi connectivity index (χ4v) is 2.92. The molecule has 2 aromatic carbocycles. The van der Waals surface area contributed by atoms with Gasteiger partial charge in [-0.15, -0.1) is 4.68 Å². The molecule has 0 bridgehead atoms. The van der Waals surface area contributed by atoms with Crippen LogP contribution in [0.4, 0.5) is 5.69 Å². The predicted octanol–water partition coefficient (Wildman–Crippen LogP) is -1.30. The minimum Gasteiger partial charge on any atom is -1.00 e. The van der Waals surface area contributed by atoms with Gasteiger partial charge in [-0.2, -0.15) is 0 Å². The van der Waals surface area contributed by atoms with Crippen LogP contribution in [-0.4, -0.2) is 21.9 Å². The molecule has 0 unspecified atom stereocenters. The van der Waals surface area contributed by atoms with Crippen LogP contribution in [0.3, 0.4) is 0 Å². The van der Waals surface area contributed by atoms with Crippen LogP contribution >= 0.6 is 11.6 Å². The number of nitrogens with zero attached hydrogens (tertiary/aromatic N) is 3. The summed E-state index contributed by atoms with van der Waals surface area (Å²) in [7, 11) is 0. The Kier molecular flexibility index (Phi) is 6.37. The van der Waals surface area contributed by atoms with Crippen LogP contribution in [0.15, 0.2) is 42.5 Å². The molecular formula is C17H16Cl2N4O4. The van der Waals surface area contributed by atoms with Crippen LogP contribution in [0.25, 0.3) is 10.9 Å². The smallest absolute Gasteiger partial charge is 0.276 e. The Hall–Kier alpha value is -2.68. The van der Waals surface area contributed by atoms with Gasteiger partial charge in [0.25, 0.3) is 11.2 Å². The first-order valence-corrected chi connectivity index (χ1v) is 8.32. The van der Waals surface area contributed by atoms with Crippen LogP contribution in [0.1, 0.15) is 22.5 Å². The molecule has 0 aliphatic carbocycles. The van der Waals surface area contributed by atoms with E-state index < -0.39 is 4.92 Å². The highest BCUT2D eigenvalue weighted by Crippen LogP contribution is 2.25. The molecule has 0 aliphatic heterocycles. The molecule has 3 aromatic rings. The molecule has 3 rings (SSSR count). The molecule has 8 nitrogen and oxygen atoms in total. The van der Waals surface area contributed by atoms with Crippen molar-refractivity contribution in [3.05, 3.63) is 74.1 Å². The summed E-state index contributed by atoms with van der Waals surface area (Å²) in [5.74, 6) is -0.348. The summed E-state index contributed by atoms with van der Waals surface area (Å²) < 4.78 is 1.30. The number of rotatable bonds is 6. The molecule has 3 N–H and O–H groups in total. The molecule has 1 heterocycles. The van der Waals surface area contributed by atoms with Gasteiger partial charge in [0.2, 0.25) is 5.78 Å². The van der Waals surface area contributed by atoms with Crippen molar-refractivity contribution in [3.8, 4) is 0 Å². The van der Waals surface area contributed by atoms with Crippen molar-refractivity contribution in [3.63, 3.8) is 0 Å². The Bertz CT molecular complexity index is 1000. The van der Waals surface area contributed by atoms with Crippen LogP contribution in [0.5, 0.6) is 0 Å². The molecule has 0 aliphatic rings. The first-order chi connectivity index (χ1) is 12.4. The lowest BCUT2D eigenvalue weighted by molar-refractivity contribution is -0.670. The second-order valence-electron chi connectivity index (χ2n) is 5.75.